The second kappa shape index (κ2) is 8.49. The quantitative estimate of drug-likeness (QED) is 0.490. The second-order valence-corrected chi connectivity index (χ2v) is 8.82. The Labute approximate surface area is 188 Å². The highest BCUT2D eigenvalue weighted by atomic mass is 19.4. The van der Waals surface area contributed by atoms with Gasteiger partial charge < -0.3 is 10.1 Å². The molecule has 0 aliphatic carbocycles. The van der Waals surface area contributed by atoms with Gasteiger partial charge in [0.1, 0.15) is 17.2 Å². The van der Waals surface area contributed by atoms with Crippen molar-refractivity contribution in [2.24, 2.45) is 0 Å². The van der Waals surface area contributed by atoms with E-state index >= 15 is 0 Å². The number of carbonyl (C=O) groups excluding carboxylic acids is 1. The number of rotatable bonds is 4. The van der Waals surface area contributed by atoms with Crippen molar-refractivity contribution in [3.8, 4) is 0 Å². The molecular formula is C21H24F3N5O4. The number of nitro groups is 1. The van der Waals surface area contributed by atoms with E-state index in [-0.39, 0.29) is 18.7 Å². The number of hydrogen-bond donors (Lipinski definition) is 1. The monoisotopic (exact) mass is 467 g/mol. The number of nitro benzene ring substituents is 1. The number of halogens is 3. The molecule has 1 atom stereocenters. The fourth-order valence-electron chi connectivity index (χ4n) is 3.40. The Morgan fingerprint density at radius 3 is 2.45 bits per heavy atom. The van der Waals surface area contributed by atoms with E-state index < -0.39 is 40.1 Å². The zero-order valence-corrected chi connectivity index (χ0v) is 18.8. The average molecular weight is 467 g/mol. The standard InChI is InChI=1S/C21H24F3N5O4/c1-11(13-6-14(21(22,23)24)8-15(7-13)29(31)32)25-18-16-9-28(19(30)33-20(3,4)5)10-17(16)26-12(2)27-18/h6-8,11H,9-10H2,1-5H3,(H,25,26,27)/t11-/m1/s1. The van der Waals surface area contributed by atoms with Crippen LogP contribution in [0.25, 0.3) is 0 Å². The molecule has 1 N–H and O–H groups in total. The van der Waals surface area contributed by atoms with Crippen molar-refractivity contribution in [1.82, 2.24) is 14.9 Å². The van der Waals surface area contributed by atoms with Crippen LogP contribution in [0, 0.1) is 17.0 Å². The number of fused-ring (bicyclic) bond motifs is 1. The summed E-state index contributed by atoms with van der Waals surface area (Å²) >= 11 is 0. The summed E-state index contributed by atoms with van der Waals surface area (Å²) in [5.41, 5.74) is -1.17. The fraction of sp³-hybridized carbons (Fsp3) is 0.476. The topological polar surface area (TPSA) is 110 Å². The number of carbonyl (C=O) groups is 1. The smallest absolute Gasteiger partial charge is 0.416 e. The van der Waals surface area contributed by atoms with E-state index in [9.17, 15) is 28.1 Å². The second-order valence-electron chi connectivity index (χ2n) is 8.82. The van der Waals surface area contributed by atoms with Crippen molar-refractivity contribution < 1.29 is 27.6 Å². The van der Waals surface area contributed by atoms with Crippen LogP contribution in [0.2, 0.25) is 0 Å². The van der Waals surface area contributed by atoms with Gasteiger partial charge in [-0.25, -0.2) is 14.8 Å². The lowest BCUT2D eigenvalue weighted by Crippen LogP contribution is -2.33. The summed E-state index contributed by atoms with van der Waals surface area (Å²) < 4.78 is 45.2. The van der Waals surface area contributed by atoms with Crippen molar-refractivity contribution in [2.75, 3.05) is 5.32 Å². The zero-order chi connectivity index (χ0) is 24.7. The molecule has 1 aromatic carbocycles. The van der Waals surface area contributed by atoms with Crippen molar-refractivity contribution in [1.29, 1.82) is 0 Å². The third-order valence-electron chi connectivity index (χ3n) is 4.88. The van der Waals surface area contributed by atoms with Crippen LogP contribution >= 0.6 is 0 Å². The Morgan fingerprint density at radius 2 is 1.88 bits per heavy atom. The first kappa shape index (κ1) is 24.2. The van der Waals surface area contributed by atoms with Crippen molar-refractivity contribution in [3.63, 3.8) is 0 Å². The van der Waals surface area contributed by atoms with Gasteiger partial charge in [0.25, 0.3) is 5.69 Å². The highest BCUT2D eigenvalue weighted by molar-refractivity contribution is 5.70. The van der Waals surface area contributed by atoms with E-state index in [0.29, 0.717) is 29.0 Å². The van der Waals surface area contributed by atoms with Crippen LogP contribution in [0.15, 0.2) is 18.2 Å². The fourth-order valence-corrected chi connectivity index (χ4v) is 3.40. The molecule has 0 bridgehead atoms. The van der Waals surface area contributed by atoms with E-state index in [1.807, 2.05) is 0 Å². The molecule has 33 heavy (non-hydrogen) atoms. The van der Waals surface area contributed by atoms with Crippen molar-refractivity contribution in [2.45, 2.75) is 65.5 Å². The maximum absolute atomic E-state index is 13.3. The maximum atomic E-state index is 13.3. The molecule has 1 aliphatic rings. The predicted octanol–water partition coefficient (Wildman–Crippen LogP) is 5.14. The number of nitrogens with zero attached hydrogens (tertiary/aromatic N) is 4. The molecule has 2 heterocycles. The number of aryl methyl sites for hydroxylation is 1. The van der Waals surface area contributed by atoms with Crippen LogP contribution in [0.4, 0.5) is 29.5 Å². The summed E-state index contributed by atoms with van der Waals surface area (Å²) in [5.74, 6) is 0.751. The van der Waals surface area contributed by atoms with E-state index in [4.69, 9.17) is 4.74 Å². The van der Waals surface area contributed by atoms with Crippen LogP contribution in [0.5, 0.6) is 0 Å². The van der Waals surface area contributed by atoms with Gasteiger partial charge >= 0.3 is 12.3 Å². The first-order valence-corrected chi connectivity index (χ1v) is 10.1. The minimum Gasteiger partial charge on any atom is -0.444 e. The van der Waals surface area contributed by atoms with Crippen LogP contribution < -0.4 is 5.32 Å². The van der Waals surface area contributed by atoms with Gasteiger partial charge in [0, 0.05) is 17.7 Å². The first-order chi connectivity index (χ1) is 15.1. The number of ether oxygens (including phenoxy) is 1. The number of non-ortho nitro benzene ring substituents is 1. The Morgan fingerprint density at radius 1 is 1.21 bits per heavy atom. The predicted molar refractivity (Wildman–Crippen MR) is 112 cm³/mol. The molecule has 1 aromatic heterocycles. The lowest BCUT2D eigenvalue weighted by atomic mass is 10.0. The molecule has 178 valence electrons. The summed E-state index contributed by atoms with van der Waals surface area (Å²) in [5, 5.41) is 14.2. The number of alkyl halides is 3. The molecule has 0 saturated heterocycles. The SMILES string of the molecule is Cc1nc2c(c(N[C@H](C)c3cc([N+](=O)[O-])cc(C(F)(F)F)c3)n1)CN(C(=O)OC(C)(C)C)C2. The lowest BCUT2D eigenvalue weighted by molar-refractivity contribution is -0.385. The van der Waals surface area contributed by atoms with Crippen LogP contribution in [0.3, 0.4) is 0 Å². The van der Waals surface area contributed by atoms with Gasteiger partial charge in [0.15, 0.2) is 0 Å². The number of aromatic nitrogens is 2. The highest BCUT2D eigenvalue weighted by Gasteiger charge is 2.34. The molecule has 0 saturated carbocycles. The van der Waals surface area contributed by atoms with Crippen LogP contribution in [-0.4, -0.2) is 31.5 Å². The van der Waals surface area contributed by atoms with Gasteiger partial charge in [-0.3, -0.25) is 15.0 Å². The number of amides is 1. The van der Waals surface area contributed by atoms with Gasteiger partial charge in [0.05, 0.1) is 35.3 Å². The summed E-state index contributed by atoms with van der Waals surface area (Å²) in [4.78, 5) is 32.9. The summed E-state index contributed by atoms with van der Waals surface area (Å²) in [7, 11) is 0. The Kier molecular flexibility index (Phi) is 6.22. The van der Waals surface area contributed by atoms with E-state index in [0.717, 1.165) is 12.1 Å². The van der Waals surface area contributed by atoms with Gasteiger partial charge in [-0.15, -0.1) is 0 Å². The molecule has 0 fully saturated rings. The molecule has 3 rings (SSSR count). The zero-order valence-electron chi connectivity index (χ0n) is 18.8. The first-order valence-electron chi connectivity index (χ1n) is 10.1. The van der Waals surface area contributed by atoms with Crippen molar-refractivity contribution in [3.05, 3.63) is 56.5 Å². The largest absolute Gasteiger partial charge is 0.444 e. The molecule has 0 unspecified atom stereocenters. The normalized spacial score (nSPS) is 14.6. The maximum Gasteiger partial charge on any atom is 0.416 e. The number of anilines is 1. The summed E-state index contributed by atoms with van der Waals surface area (Å²) in [6, 6.07) is 1.71. The lowest BCUT2D eigenvalue weighted by Gasteiger charge is -2.24. The average Bonchev–Trinajstić information content (AvgIpc) is 3.10. The molecular weight excluding hydrogens is 443 g/mol. The molecule has 12 heteroatoms. The minimum atomic E-state index is -4.73. The van der Waals surface area contributed by atoms with Gasteiger partial charge in [-0.2, -0.15) is 13.2 Å². The molecule has 9 nitrogen and oxygen atoms in total. The molecule has 1 aliphatic heterocycles. The molecule has 2 aromatic rings. The van der Waals surface area contributed by atoms with Crippen LogP contribution in [-0.2, 0) is 24.0 Å². The Bertz CT molecular complexity index is 1100. The molecule has 0 spiro atoms. The number of nitrogens with one attached hydrogen (secondary N) is 1. The number of hydrogen-bond acceptors (Lipinski definition) is 7. The molecule has 1 amide bonds. The molecule has 0 radical (unpaired) electrons. The third-order valence-corrected chi connectivity index (χ3v) is 4.88. The van der Waals surface area contributed by atoms with Gasteiger partial charge in [-0.05, 0) is 46.2 Å². The van der Waals surface area contributed by atoms with Gasteiger partial charge in [0.2, 0.25) is 0 Å². The van der Waals surface area contributed by atoms with E-state index in [1.54, 1.807) is 34.6 Å². The Hall–Kier alpha value is -3.44. The minimum absolute atomic E-state index is 0.0727. The van der Waals surface area contributed by atoms with Crippen LogP contribution in [0.1, 0.15) is 61.9 Å². The summed E-state index contributed by atoms with van der Waals surface area (Å²) in [6.45, 7) is 8.84. The summed E-state index contributed by atoms with van der Waals surface area (Å²) in [6.07, 6.45) is -5.26. The highest BCUT2D eigenvalue weighted by Crippen LogP contribution is 2.35. The third kappa shape index (κ3) is 5.68. The van der Waals surface area contributed by atoms with E-state index in [2.05, 4.69) is 15.3 Å². The number of benzene rings is 1. The van der Waals surface area contributed by atoms with Gasteiger partial charge in [-0.1, -0.05) is 0 Å². The van der Waals surface area contributed by atoms with E-state index in [1.165, 1.54) is 4.90 Å². The van der Waals surface area contributed by atoms with Crippen molar-refractivity contribution >= 4 is 17.6 Å². The Balaban J connectivity index is 1.90.